The van der Waals surface area contributed by atoms with E-state index < -0.39 is 54.9 Å². The minimum atomic E-state index is -3.30. The van der Waals surface area contributed by atoms with Crippen molar-refractivity contribution < 1.29 is 54.1 Å². The van der Waals surface area contributed by atoms with Crippen molar-refractivity contribution in [2.24, 2.45) is 0 Å². The van der Waals surface area contributed by atoms with Gasteiger partial charge >= 0.3 is 30.0 Å². The van der Waals surface area contributed by atoms with Crippen molar-refractivity contribution >= 4 is 17.9 Å². The summed E-state index contributed by atoms with van der Waals surface area (Å²) in [6.45, 7) is 5.68. The third kappa shape index (κ3) is 41.5. The molecule has 0 amide bonds. The van der Waals surface area contributed by atoms with Crippen LogP contribution < -0.4 is 0 Å². The highest BCUT2D eigenvalue weighted by molar-refractivity contribution is 5.72. The molecule has 0 radical (unpaired) electrons. The highest BCUT2D eigenvalue weighted by atomic mass is 16.8. The minimum Gasteiger partial charge on any atom is -0.422 e. The van der Waals surface area contributed by atoms with Crippen LogP contribution >= 0.6 is 0 Å². The molecule has 0 aromatic carbocycles. The van der Waals surface area contributed by atoms with Gasteiger partial charge in [-0.25, -0.2) is 0 Å². The van der Waals surface area contributed by atoms with Crippen LogP contribution in [0.15, 0.2) is 36.5 Å². The van der Waals surface area contributed by atoms with Gasteiger partial charge in [-0.2, -0.15) is 0 Å². The van der Waals surface area contributed by atoms with Gasteiger partial charge in [-0.1, -0.05) is 211 Å². The fraction of sp³-hybridized carbons (Fsp3) is 0.850. The third-order valence-corrected chi connectivity index (χ3v) is 13.3. The SMILES string of the molecule is CCCCCCCC/C=C\CCCCCCCC(=O)OC(OC(=O)CCCCCCC/C=C\CCCCCCCC)[C@](O)(OC(=O)CCCCCCC/C=C\CCCCCCCC)[C@H](O)[C@H](O)[C@@H](O)CO. The first-order valence-electron chi connectivity index (χ1n) is 29.5. The molecule has 0 heterocycles. The van der Waals surface area contributed by atoms with Gasteiger partial charge in [-0.3, -0.25) is 14.4 Å². The summed E-state index contributed by atoms with van der Waals surface area (Å²) in [4.78, 5) is 39.9. The quantitative estimate of drug-likeness (QED) is 0.0169. The Bertz CT molecular complexity index is 1250. The molecular weight excluding hydrogens is 897 g/mol. The van der Waals surface area contributed by atoms with Crippen molar-refractivity contribution in [3.63, 3.8) is 0 Å². The van der Waals surface area contributed by atoms with E-state index in [-0.39, 0.29) is 19.3 Å². The second-order valence-electron chi connectivity index (χ2n) is 20.2. The van der Waals surface area contributed by atoms with Crippen molar-refractivity contribution in [3.05, 3.63) is 36.5 Å². The highest BCUT2D eigenvalue weighted by Crippen LogP contribution is 2.28. The highest BCUT2D eigenvalue weighted by Gasteiger charge is 2.56. The maximum atomic E-state index is 13.3. The number of hydrogen-bond acceptors (Lipinski definition) is 11. The van der Waals surface area contributed by atoms with Crippen molar-refractivity contribution in [3.8, 4) is 0 Å². The number of rotatable bonds is 53. The topological polar surface area (TPSA) is 180 Å². The molecule has 11 nitrogen and oxygen atoms in total. The van der Waals surface area contributed by atoms with Crippen molar-refractivity contribution in [2.45, 2.75) is 321 Å². The van der Waals surface area contributed by atoms with Crippen LogP contribution in [0.2, 0.25) is 0 Å². The monoisotopic (exact) mass is 1010 g/mol. The molecule has 11 heteroatoms. The lowest BCUT2D eigenvalue weighted by Gasteiger charge is -2.39. The molecule has 0 aliphatic heterocycles. The summed E-state index contributed by atoms with van der Waals surface area (Å²) in [6, 6.07) is 0. The molecule has 5 N–H and O–H groups in total. The van der Waals surface area contributed by atoms with E-state index in [1.54, 1.807) is 0 Å². The molecule has 0 aromatic rings. The molecule has 416 valence electrons. The zero-order valence-electron chi connectivity index (χ0n) is 45.9. The maximum Gasteiger partial charge on any atom is 0.315 e. The first-order valence-corrected chi connectivity index (χ1v) is 29.5. The van der Waals surface area contributed by atoms with Crippen LogP contribution in [-0.4, -0.2) is 80.4 Å². The maximum absolute atomic E-state index is 13.3. The van der Waals surface area contributed by atoms with Crippen molar-refractivity contribution in [2.75, 3.05) is 6.61 Å². The number of ether oxygens (including phenoxy) is 3. The summed E-state index contributed by atoms with van der Waals surface area (Å²) in [6.07, 6.45) is 45.8. The smallest absolute Gasteiger partial charge is 0.315 e. The number of hydrogen-bond donors (Lipinski definition) is 5. The van der Waals surface area contributed by atoms with E-state index in [1.807, 2.05) is 0 Å². The first-order chi connectivity index (χ1) is 34.6. The van der Waals surface area contributed by atoms with Gasteiger partial charge < -0.3 is 39.7 Å². The number of unbranched alkanes of at least 4 members (excludes halogenated alkanes) is 33. The lowest BCUT2D eigenvalue weighted by molar-refractivity contribution is -0.349. The Morgan fingerprint density at radius 1 is 0.394 bits per heavy atom. The first kappa shape index (κ1) is 68.4. The average Bonchev–Trinajstić information content (AvgIpc) is 3.36. The summed E-state index contributed by atoms with van der Waals surface area (Å²) in [5, 5.41) is 53.8. The van der Waals surface area contributed by atoms with Gasteiger partial charge in [0.05, 0.1) is 6.61 Å². The van der Waals surface area contributed by atoms with Crippen LogP contribution in [0.25, 0.3) is 0 Å². The standard InChI is InChI=1S/C60H110O11/c1-4-7-10-13-16-19-22-25-28-31-34-37-40-43-46-49-54(63)69-59(70-55(64)50-47-44-41-38-35-32-29-26-23-20-17-14-11-8-5-2)60(68,58(67)57(66)53(62)52-61)71-56(65)51-48-45-42-39-36-33-30-27-24-21-18-15-12-9-6-3/h25-30,53,57-59,61-62,66-68H,4-24,31-52H2,1-3H3/b28-25-,29-26-,30-27-/t53-,57+,58+,60+/m0/s1. The van der Waals surface area contributed by atoms with E-state index in [9.17, 15) is 39.9 Å². The molecule has 0 aliphatic carbocycles. The van der Waals surface area contributed by atoms with Crippen LogP contribution in [0.1, 0.15) is 290 Å². The van der Waals surface area contributed by atoms with Crippen LogP contribution in [0.5, 0.6) is 0 Å². The molecule has 0 saturated heterocycles. The molecule has 71 heavy (non-hydrogen) atoms. The zero-order chi connectivity index (χ0) is 52.3. The largest absolute Gasteiger partial charge is 0.422 e. The Kier molecular flexibility index (Phi) is 49.1. The molecule has 0 aliphatic rings. The van der Waals surface area contributed by atoms with Gasteiger partial charge in [0, 0.05) is 19.3 Å². The molecule has 0 spiro atoms. The van der Waals surface area contributed by atoms with Gasteiger partial charge in [0.2, 0.25) is 0 Å². The molecular formula is C60H110O11. The van der Waals surface area contributed by atoms with Crippen LogP contribution in [0.4, 0.5) is 0 Å². The van der Waals surface area contributed by atoms with Crippen LogP contribution in [-0.2, 0) is 28.6 Å². The Balaban J connectivity index is 5.39. The van der Waals surface area contributed by atoms with Gasteiger partial charge in [-0.05, 0) is 96.3 Å². The fourth-order valence-corrected chi connectivity index (χ4v) is 8.61. The van der Waals surface area contributed by atoms with Gasteiger partial charge in [0.25, 0.3) is 0 Å². The average molecular weight is 1010 g/mol. The lowest BCUT2D eigenvalue weighted by Crippen LogP contribution is -2.63. The second kappa shape index (κ2) is 50.9. The summed E-state index contributed by atoms with van der Waals surface area (Å²) in [7, 11) is 0. The predicted octanol–water partition coefficient (Wildman–Crippen LogP) is 14.8. The Labute approximate surface area is 434 Å². The number of carbonyl (C=O) groups excluding carboxylic acids is 3. The Morgan fingerprint density at radius 2 is 0.648 bits per heavy atom. The fourth-order valence-electron chi connectivity index (χ4n) is 8.61. The molecule has 0 unspecified atom stereocenters. The van der Waals surface area contributed by atoms with E-state index in [4.69, 9.17) is 14.2 Å². The molecule has 0 saturated carbocycles. The number of esters is 3. The molecule has 4 atom stereocenters. The van der Waals surface area contributed by atoms with Gasteiger partial charge in [0.1, 0.15) is 12.2 Å². The van der Waals surface area contributed by atoms with Gasteiger partial charge in [0.15, 0.2) is 6.10 Å². The number of aliphatic hydroxyl groups is 5. The predicted molar refractivity (Wildman–Crippen MR) is 290 cm³/mol. The number of aliphatic hydroxyl groups excluding tert-OH is 4. The van der Waals surface area contributed by atoms with E-state index in [2.05, 4.69) is 57.2 Å². The van der Waals surface area contributed by atoms with E-state index >= 15 is 0 Å². The Hall–Kier alpha value is -2.57. The van der Waals surface area contributed by atoms with E-state index in [1.165, 1.54) is 116 Å². The lowest BCUT2D eigenvalue weighted by atomic mass is 9.99. The molecule has 0 bridgehead atoms. The number of allylic oxidation sites excluding steroid dienone is 6. The molecule has 0 aromatic heterocycles. The number of carbonyl (C=O) groups is 3. The van der Waals surface area contributed by atoms with Crippen molar-refractivity contribution in [1.29, 1.82) is 0 Å². The summed E-state index contributed by atoms with van der Waals surface area (Å²) in [5.41, 5.74) is 0. The van der Waals surface area contributed by atoms with Crippen LogP contribution in [0, 0.1) is 0 Å². The summed E-state index contributed by atoms with van der Waals surface area (Å²) >= 11 is 0. The van der Waals surface area contributed by atoms with E-state index in [0.717, 1.165) is 109 Å². The third-order valence-electron chi connectivity index (χ3n) is 13.3. The Morgan fingerprint density at radius 3 is 0.930 bits per heavy atom. The summed E-state index contributed by atoms with van der Waals surface area (Å²) in [5.74, 6) is -6.01. The summed E-state index contributed by atoms with van der Waals surface area (Å²) < 4.78 is 16.4. The van der Waals surface area contributed by atoms with Gasteiger partial charge in [-0.15, -0.1) is 0 Å². The van der Waals surface area contributed by atoms with Crippen molar-refractivity contribution in [1.82, 2.24) is 0 Å². The minimum absolute atomic E-state index is 0.0999. The second-order valence-corrected chi connectivity index (χ2v) is 20.2. The molecule has 0 fully saturated rings. The molecule has 0 rings (SSSR count). The van der Waals surface area contributed by atoms with E-state index in [0.29, 0.717) is 25.7 Å². The normalized spacial score (nSPS) is 14.2. The zero-order valence-corrected chi connectivity index (χ0v) is 45.9. The van der Waals surface area contributed by atoms with Crippen LogP contribution in [0.3, 0.4) is 0 Å².